The van der Waals surface area contributed by atoms with E-state index in [1.807, 2.05) is 25.1 Å². The maximum absolute atomic E-state index is 9.06. The van der Waals surface area contributed by atoms with Crippen LogP contribution in [0.2, 0.25) is 0 Å². The van der Waals surface area contributed by atoms with Crippen LogP contribution in [0.5, 0.6) is 0 Å². The molecule has 1 aromatic carbocycles. The molecule has 1 aromatic rings. The van der Waals surface area contributed by atoms with Crippen LogP contribution in [0.15, 0.2) is 18.2 Å². The molecule has 1 unspecified atom stereocenters. The molecule has 0 amide bonds. The van der Waals surface area contributed by atoms with Gasteiger partial charge >= 0.3 is 0 Å². The molecule has 0 aliphatic heterocycles. The second-order valence-electron chi connectivity index (χ2n) is 4.43. The minimum atomic E-state index is 0.313. The molecular formula is C13H17N3. The fraction of sp³-hybridized carbons (Fsp3) is 0.462. The number of para-hydroxylation sites is 1. The number of nitrogens with one attached hydrogen (secondary N) is 1. The van der Waals surface area contributed by atoms with Gasteiger partial charge in [-0.15, -0.1) is 0 Å². The predicted octanol–water partition coefficient (Wildman–Crippen LogP) is 2.02. The Balaban J connectivity index is 2.22. The molecule has 0 bridgehead atoms. The second-order valence-corrected chi connectivity index (χ2v) is 4.43. The quantitative estimate of drug-likeness (QED) is 0.807. The van der Waals surface area contributed by atoms with Crippen LogP contribution < -0.4 is 11.1 Å². The zero-order valence-electron chi connectivity index (χ0n) is 9.53. The highest BCUT2D eigenvalue weighted by Gasteiger charge is 2.30. The first-order chi connectivity index (χ1) is 7.76. The third-order valence-corrected chi connectivity index (χ3v) is 3.17. The van der Waals surface area contributed by atoms with Crippen molar-refractivity contribution in [3.63, 3.8) is 0 Å². The number of hydrogen-bond acceptors (Lipinski definition) is 3. The lowest BCUT2D eigenvalue weighted by atomic mass is 10.1. The molecule has 0 heterocycles. The molecule has 1 aliphatic carbocycles. The summed E-state index contributed by atoms with van der Waals surface area (Å²) < 4.78 is 0. The van der Waals surface area contributed by atoms with Crippen molar-refractivity contribution >= 4 is 5.69 Å². The molecule has 1 aliphatic rings. The summed E-state index contributed by atoms with van der Waals surface area (Å²) in [5.74, 6) is 0.691. The molecule has 1 atom stereocenters. The highest BCUT2D eigenvalue weighted by atomic mass is 15.0. The summed E-state index contributed by atoms with van der Waals surface area (Å²) in [5.41, 5.74) is 8.53. The summed E-state index contributed by atoms with van der Waals surface area (Å²) in [5, 5.41) is 12.5. The fourth-order valence-electron chi connectivity index (χ4n) is 2.01. The molecule has 84 valence electrons. The molecule has 3 nitrogen and oxygen atoms in total. The Morgan fingerprint density at radius 1 is 1.56 bits per heavy atom. The van der Waals surface area contributed by atoms with E-state index in [4.69, 9.17) is 11.0 Å². The maximum atomic E-state index is 9.06. The molecule has 3 N–H and O–H groups in total. The molecule has 3 heteroatoms. The van der Waals surface area contributed by atoms with Crippen molar-refractivity contribution in [2.45, 2.75) is 25.8 Å². The van der Waals surface area contributed by atoms with Gasteiger partial charge in [0.2, 0.25) is 0 Å². The van der Waals surface area contributed by atoms with Gasteiger partial charge in [-0.3, -0.25) is 0 Å². The van der Waals surface area contributed by atoms with E-state index in [2.05, 4.69) is 11.4 Å². The summed E-state index contributed by atoms with van der Waals surface area (Å²) in [6, 6.07) is 8.31. The van der Waals surface area contributed by atoms with Crippen LogP contribution in [0.25, 0.3) is 0 Å². The number of hydrogen-bond donors (Lipinski definition) is 2. The molecule has 0 spiro atoms. The zero-order chi connectivity index (χ0) is 11.5. The average Bonchev–Trinajstić information content (AvgIpc) is 3.11. The van der Waals surface area contributed by atoms with E-state index in [0.717, 1.165) is 11.3 Å². The first-order valence-electron chi connectivity index (χ1n) is 5.72. The van der Waals surface area contributed by atoms with Gasteiger partial charge in [0.05, 0.1) is 11.3 Å². The molecular weight excluding hydrogens is 198 g/mol. The first-order valence-corrected chi connectivity index (χ1v) is 5.72. The summed E-state index contributed by atoms with van der Waals surface area (Å²) in [7, 11) is 0. The molecule has 1 fully saturated rings. The van der Waals surface area contributed by atoms with E-state index < -0.39 is 0 Å². The van der Waals surface area contributed by atoms with Crippen molar-refractivity contribution in [2.75, 3.05) is 11.9 Å². The molecule has 0 radical (unpaired) electrons. The van der Waals surface area contributed by atoms with E-state index in [-0.39, 0.29) is 0 Å². The van der Waals surface area contributed by atoms with E-state index in [9.17, 15) is 0 Å². The van der Waals surface area contributed by atoms with Gasteiger partial charge < -0.3 is 11.1 Å². The summed E-state index contributed by atoms with van der Waals surface area (Å²) in [6.07, 6.45) is 2.51. The van der Waals surface area contributed by atoms with Crippen molar-refractivity contribution < 1.29 is 0 Å². The summed E-state index contributed by atoms with van der Waals surface area (Å²) in [4.78, 5) is 0. The standard InChI is InChI=1S/C13H17N3/c1-9-3-2-4-11(7-14)13(9)16-12(8-15)10-5-6-10/h2-4,10,12,16H,5-6,8,15H2,1H3. The molecule has 1 saturated carbocycles. The third-order valence-electron chi connectivity index (χ3n) is 3.17. The SMILES string of the molecule is Cc1cccc(C#N)c1NC(CN)C1CC1. The van der Waals surface area contributed by atoms with Crippen LogP contribution in [0.1, 0.15) is 24.0 Å². The number of aryl methyl sites for hydroxylation is 1. The lowest BCUT2D eigenvalue weighted by Crippen LogP contribution is -2.31. The van der Waals surface area contributed by atoms with Crippen LogP contribution in [-0.4, -0.2) is 12.6 Å². The minimum absolute atomic E-state index is 0.313. The van der Waals surface area contributed by atoms with Crippen LogP contribution in [0.4, 0.5) is 5.69 Å². The zero-order valence-corrected chi connectivity index (χ0v) is 9.53. The van der Waals surface area contributed by atoms with Gasteiger partial charge in [-0.05, 0) is 37.3 Å². The Morgan fingerprint density at radius 3 is 2.88 bits per heavy atom. The number of nitrogens with zero attached hydrogens (tertiary/aromatic N) is 1. The second kappa shape index (κ2) is 4.54. The van der Waals surface area contributed by atoms with E-state index >= 15 is 0 Å². The van der Waals surface area contributed by atoms with Gasteiger partial charge in [-0.1, -0.05) is 12.1 Å². The monoisotopic (exact) mass is 215 g/mol. The normalized spacial score (nSPS) is 16.6. The highest BCUT2D eigenvalue weighted by Crippen LogP contribution is 2.34. The van der Waals surface area contributed by atoms with Gasteiger partial charge in [0.25, 0.3) is 0 Å². The van der Waals surface area contributed by atoms with E-state index in [1.54, 1.807) is 0 Å². The van der Waals surface area contributed by atoms with Crippen molar-refractivity contribution in [3.05, 3.63) is 29.3 Å². The Kier molecular flexibility index (Phi) is 3.12. The average molecular weight is 215 g/mol. The molecule has 0 saturated heterocycles. The van der Waals surface area contributed by atoms with Crippen LogP contribution in [0.3, 0.4) is 0 Å². The Hall–Kier alpha value is -1.53. The largest absolute Gasteiger partial charge is 0.379 e. The van der Waals surface area contributed by atoms with E-state index in [1.165, 1.54) is 12.8 Å². The van der Waals surface area contributed by atoms with Crippen molar-refractivity contribution in [3.8, 4) is 6.07 Å². The van der Waals surface area contributed by atoms with E-state index in [0.29, 0.717) is 24.1 Å². The van der Waals surface area contributed by atoms with Crippen LogP contribution >= 0.6 is 0 Å². The van der Waals surface area contributed by atoms with Crippen molar-refractivity contribution in [1.82, 2.24) is 0 Å². The number of nitrogens with two attached hydrogens (primary N) is 1. The topological polar surface area (TPSA) is 61.8 Å². The maximum Gasteiger partial charge on any atom is 0.101 e. The number of anilines is 1. The number of benzene rings is 1. The van der Waals surface area contributed by atoms with Crippen molar-refractivity contribution in [2.24, 2.45) is 11.7 Å². The first kappa shape index (κ1) is 11.0. The van der Waals surface area contributed by atoms with Gasteiger partial charge in [-0.25, -0.2) is 0 Å². The van der Waals surface area contributed by atoms with Gasteiger partial charge in [-0.2, -0.15) is 5.26 Å². The highest BCUT2D eigenvalue weighted by molar-refractivity contribution is 5.62. The van der Waals surface area contributed by atoms with Gasteiger partial charge in [0, 0.05) is 12.6 Å². The number of rotatable bonds is 4. The Bertz CT molecular complexity index is 416. The smallest absolute Gasteiger partial charge is 0.101 e. The molecule has 2 rings (SSSR count). The number of nitriles is 1. The lowest BCUT2D eigenvalue weighted by molar-refractivity contribution is 0.644. The fourth-order valence-corrected chi connectivity index (χ4v) is 2.01. The Labute approximate surface area is 96.3 Å². The molecule has 16 heavy (non-hydrogen) atoms. The van der Waals surface area contributed by atoms with Crippen LogP contribution in [0, 0.1) is 24.2 Å². The van der Waals surface area contributed by atoms with Gasteiger partial charge in [0.1, 0.15) is 6.07 Å². The predicted molar refractivity (Wildman–Crippen MR) is 65.1 cm³/mol. The lowest BCUT2D eigenvalue weighted by Gasteiger charge is -2.20. The summed E-state index contributed by atoms with van der Waals surface area (Å²) in [6.45, 7) is 2.65. The van der Waals surface area contributed by atoms with Crippen LogP contribution in [-0.2, 0) is 0 Å². The summed E-state index contributed by atoms with van der Waals surface area (Å²) >= 11 is 0. The van der Waals surface area contributed by atoms with Crippen molar-refractivity contribution in [1.29, 1.82) is 5.26 Å². The Morgan fingerprint density at radius 2 is 2.31 bits per heavy atom. The van der Waals surface area contributed by atoms with Gasteiger partial charge in [0.15, 0.2) is 0 Å². The minimum Gasteiger partial charge on any atom is -0.379 e. The third kappa shape index (κ3) is 2.17. The molecule has 0 aromatic heterocycles.